The van der Waals surface area contributed by atoms with Gasteiger partial charge in [-0.2, -0.15) is 12.6 Å². The first kappa shape index (κ1) is 6.41. The highest BCUT2D eigenvalue weighted by Crippen LogP contribution is 1.95. The molecule has 1 atom stereocenters. The van der Waals surface area contributed by atoms with Gasteiger partial charge in [0.2, 0.25) is 0 Å². The summed E-state index contributed by atoms with van der Waals surface area (Å²) in [7, 11) is 1.19. The van der Waals surface area contributed by atoms with Crippen molar-refractivity contribution in [3.63, 3.8) is 0 Å². The van der Waals surface area contributed by atoms with Crippen LogP contribution in [0.15, 0.2) is 0 Å². The third kappa shape index (κ3) is 2.64. The zero-order valence-corrected chi connectivity index (χ0v) is 5.33. The summed E-state index contributed by atoms with van der Waals surface area (Å²) in [6.45, 7) is 4.31. The fraction of sp³-hybridized carbons (Fsp3) is 1.00. The van der Waals surface area contributed by atoms with Gasteiger partial charge < -0.3 is 0 Å². The Balaban J connectivity index is 2.75. The van der Waals surface area contributed by atoms with E-state index < -0.39 is 0 Å². The van der Waals surface area contributed by atoms with Gasteiger partial charge in [0.05, 0.1) is 0 Å². The summed E-state index contributed by atoms with van der Waals surface area (Å²) in [5, 5.41) is 0.630. The summed E-state index contributed by atoms with van der Waals surface area (Å²) in [6.07, 6.45) is 1.19. The third-order valence-electron chi connectivity index (χ3n) is 0.942. The molecule has 0 nitrogen and oxygen atoms in total. The van der Waals surface area contributed by atoms with Gasteiger partial charge in [0.25, 0.3) is 0 Å². The molecule has 0 N–H and O–H groups in total. The molecular weight excluding hydrogens is 90.9 g/mol. The normalized spacial score (nSPS) is 13.8. The largest absolute Gasteiger partial charge is 0.185 e. The molecule has 0 fully saturated rings. The fourth-order valence-electron chi connectivity index (χ4n) is 0.289. The van der Waals surface area contributed by atoms with Crippen LogP contribution in [0, 0.1) is 0 Å². The van der Waals surface area contributed by atoms with Crippen LogP contribution in [-0.2, 0) is 0 Å². The molecule has 0 aromatic heterocycles. The number of hydrogen-bond donors (Lipinski definition) is 1. The van der Waals surface area contributed by atoms with Gasteiger partial charge in [-0.1, -0.05) is 20.2 Å². The molecule has 0 bridgehead atoms. The second-order valence-corrected chi connectivity index (χ2v) is 2.20. The molecule has 0 amide bonds. The van der Waals surface area contributed by atoms with E-state index in [1.807, 2.05) is 0 Å². The summed E-state index contributed by atoms with van der Waals surface area (Å²) in [4.78, 5) is 0. The minimum absolute atomic E-state index is 0.630. The maximum atomic E-state index is 4.23. The first-order valence-corrected chi connectivity index (χ1v) is 3.01. The van der Waals surface area contributed by atoms with Crippen molar-refractivity contribution < 1.29 is 0 Å². The molecule has 0 saturated carbocycles. The highest BCUT2D eigenvalue weighted by atomic mass is 32.1. The third-order valence-corrected chi connectivity index (χ3v) is 1.67. The van der Waals surface area contributed by atoms with Crippen LogP contribution in [0.1, 0.15) is 13.3 Å². The molecule has 0 heterocycles. The van der Waals surface area contributed by atoms with E-state index in [0.29, 0.717) is 5.15 Å². The topological polar surface area (TPSA) is 0 Å². The second-order valence-electron chi connectivity index (χ2n) is 1.47. The maximum absolute atomic E-state index is 4.23. The lowest BCUT2D eigenvalue weighted by Crippen LogP contribution is -2.01. The zero-order valence-electron chi connectivity index (χ0n) is 4.44. The minimum Gasteiger partial charge on any atom is -0.185 e. The molecule has 0 spiro atoms. The van der Waals surface area contributed by atoms with Gasteiger partial charge in [-0.3, -0.25) is 0 Å². The highest BCUT2D eigenvalue weighted by Gasteiger charge is 1.92. The van der Waals surface area contributed by atoms with Crippen LogP contribution < -0.4 is 0 Å². The van der Waals surface area contributed by atoms with Crippen molar-refractivity contribution in [1.29, 1.82) is 0 Å². The molecule has 0 rings (SSSR count). The van der Waals surface area contributed by atoms with Crippen molar-refractivity contribution in [2.75, 3.05) is 0 Å². The van der Waals surface area contributed by atoms with Gasteiger partial charge >= 0.3 is 0 Å². The smallest absolute Gasteiger partial charge is 0.133 e. The van der Waals surface area contributed by atoms with Crippen molar-refractivity contribution in [2.45, 2.75) is 25.3 Å². The standard InChI is InChI=1S/C4H11BS/c1-3-4(6)5-2/h4-6H,3H2,1-2H3/t4-/m0/s1. The van der Waals surface area contributed by atoms with E-state index in [2.05, 4.69) is 26.4 Å². The molecule has 0 aromatic rings. The predicted molar refractivity (Wildman–Crippen MR) is 36.1 cm³/mol. The predicted octanol–water partition coefficient (Wildman–Crippen LogP) is 1.14. The van der Waals surface area contributed by atoms with E-state index in [0.717, 1.165) is 0 Å². The molecule has 0 saturated heterocycles. The first-order chi connectivity index (χ1) is 2.81. The molecule has 0 aliphatic carbocycles. The van der Waals surface area contributed by atoms with Gasteiger partial charge in [-0.05, 0) is 5.15 Å². The number of hydrogen-bond acceptors (Lipinski definition) is 1. The van der Waals surface area contributed by atoms with E-state index in [-0.39, 0.29) is 0 Å². The molecule has 0 aliphatic rings. The molecular formula is C4H11BS. The lowest BCUT2D eigenvalue weighted by Gasteiger charge is -1.96. The Morgan fingerprint density at radius 3 is 2.33 bits per heavy atom. The van der Waals surface area contributed by atoms with Crippen LogP contribution in [-0.4, -0.2) is 12.4 Å². The summed E-state index contributed by atoms with van der Waals surface area (Å²) in [5.41, 5.74) is 0. The quantitative estimate of drug-likeness (QED) is 0.392. The Hall–Kier alpha value is 0.415. The number of thiol groups is 1. The van der Waals surface area contributed by atoms with Crippen LogP contribution in [0.5, 0.6) is 0 Å². The Labute approximate surface area is 46.0 Å². The summed E-state index contributed by atoms with van der Waals surface area (Å²) in [5.74, 6) is 0. The van der Waals surface area contributed by atoms with Crippen LogP contribution >= 0.6 is 12.6 Å². The summed E-state index contributed by atoms with van der Waals surface area (Å²) in [6, 6.07) is 0. The van der Waals surface area contributed by atoms with E-state index in [9.17, 15) is 0 Å². The van der Waals surface area contributed by atoms with Crippen molar-refractivity contribution in [2.24, 2.45) is 0 Å². The second kappa shape index (κ2) is 3.60. The Bertz CT molecular complexity index is 26.7. The van der Waals surface area contributed by atoms with Gasteiger partial charge in [-0.15, -0.1) is 0 Å². The van der Waals surface area contributed by atoms with E-state index in [1.165, 1.54) is 13.7 Å². The minimum atomic E-state index is 0.630. The first-order valence-electron chi connectivity index (χ1n) is 2.49. The molecule has 0 aromatic carbocycles. The maximum Gasteiger partial charge on any atom is 0.133 e. The van der Waals surface area contributed by atoms with Crippen molar-refractivity contribution in [1.82, 2.24) is 0 Å². The van der Waals surface area contributed by atoms with Crippen LogP contribution in [0.3, 0.4) is 0 Å². The Morgan fingerprint density at radius 2 is 2.33 bits per heavy atom. The van der Waals surface area contributed by atoms with E-state index >= 15 is 0 Å². The van der Waals surface area contributed by atoms with Gasteiger partial charge in [0.15, 0.2) is 0 Å². The number of rotatable bonds is 2. The molecule has 36 valence electrons. The average molecular weight is 102 g/mol. The van der Waals surface area contributed by atoms with Crippen LogP contribution in [0.2, 0.25) is 6.82 Å². The lowest BCUT2D eigenvalue weighted by atomic mass is 9.76. The summed E-state index contributed by atoms with van der Waals surface area (Å²) < 4.78 is 0. The van der Waals surface area contributed by atoms with Gasteiger partial charge in [0, 0.05) is 0 Å². The van der Waals surface area contributed by atoms with E-state index in [1.54, 1.807) is 0 Å². The van der Waals surface area contributed by atoms with Crippen LogP contribution in [0.4, 0.5) is 0 Å². The molecule has 0 unspecified atom stereocenters. The van der Waals surface area contributed by atoms with Gasteiger partial charge in [-0.25, -0.2) is 0 Å². The van der Waals surface area contributed by atoms with Crippen molar-refractivity contribution in [3.8, 4) is 0 Å². The van der Waals surface area contributed by atoms with Crippen molar-refractivity contribution in [3.05, 3.63) is 0 Å². The lowest BCUT2D eigenvalue weighted by molar-refractivity contribution is 1.04. The van der Waals surface area contributed by atoms with Crippen molar-refractivity contribution >= 4 is 19.9 Å². The SMILES string of the molecule is CB[C@@H](S)CC. The fourth-order valence-corrected chi connectivity index (χ4v) is 0.289. The zero-order chi connectivity index (χ0) is 4.99. The van der Waals surface area contributed by atoms with E-state index in [4.69, 9.17) is 0 Å². The molecule has 0 radical (unpaired) electrons. The molecule has 2 heteroatoms. The summed E-state index contributed by atoms with van der Waals surface area (Å²) >= 11 is 4.23. The van der Waals surface area contributed by atoms with Crippen LogP contribution in [0.25, 0.3) is 0 Å². The Morgan fingerprint density at radius 1 is 1.83 bits per heavy atom. The highest BCUT2D eigenvalue weighted by molar-refractivity contribution is 7.82. The van der Waals surface area contributed by atoms with Gasteiger partial charge in [0.1, 0.15) is 7.28 Å². The molecule has 0 aliphatic heterocycles. The Kier molecular flexibility index (Phi) is 3.85. The molecule has 6 heavy (non-hydrogen) atoms. The monoisotopic (exact) mass is 102 g/mol. The average Bonchev–Trinajstić information content (AvgIpc) is 1.65.